The number of carbonyl (C=O) groups excluding carboxylic acids is 2. The molecule has 7 heteroatoms. The molecule has 1 amide bonds. The summed E-state index contributed by atoms with van der Waals surface area (Å²) in [6.07, 6.45) is 9.12. The van der Waals surface area contributed by atoms with Crippen LogP contribution in [0.5, 0.6) is 5.75 Å². The van der Waals surface area contributed by atoms with E-state index in [1.165, 1.54) is 0 Å². The van der Waals surface area contributed by atoms with E-state index >= 15 is 0 Å². The van der Waals surface area contributed by atoms with Crippen LogP contribution in [0.2, 0.25) is 0 Å². The van der Waals surface area contributed by atoms with Crippen molar-refractivity contribution in [3.8, 4) is 5.75 Å². The maximum absolute atomic E-state index is 12.5. The van der Waals surface area contributed by atoms with Crippen molar-refractivity contribution in [2.45, 2.75) is 83.5 Å². The number of hydrogen-bond donors (Lipinski definition) is 3. The number of allylic oxidation sites excluding steroid dienone is 1. The van der Waals surface area contributed by atoms with Gasteiger partial charge in [0, 0.05) is 11.1 Å². The van der Waals surface area contributed by atoms with Crippen LogP contribution in [0.4, 0.5) is 4.79 Å². The zero-order valence-corrected chi connectivity index (χ0v) is 22.9. The molecule has 0 heterocycles. The smallest absolute Gasteiger partial charge is 0.408 e. The van der Waals surface area contributed by atoms with Gasteiger partial charge in [-0.15, -0.1) is 0 Å². The number of hydrogen-bond acceptors (Lipinski definition) is 6. The molecule has 0 aliphatic rings. The van der Waals surface area contributed by atoms with Crippen LogP contribution >= 0.6 is 0 Å². The summed E-state index contributed by atoms with van der Waals surface area (Å²) < 4.78 is 11.0. The van der Waals surface area contributed by atoms with Crippen LogP contribution < -0.4 is 10.1 Å². The normalized spacial score (nSPS) is 13.2. The van der Waals surface area contributed by atoms with E-state index < -0.39 is 23.8 Å². The van der Waals surface area contributed by atoms with E-state index in [1.54, 1.807) is 39.0 Å². The van der Waals surface area contributed by atoms with Crippen molar-refractivity contribution in [1.29, 1.82) is 0 Å². The van der Waals surface area contributed by atoms with Crippen LogP contribution in [0.25, 0.3) is 0 Å². The first kappa shape index (κ1) is 31.1. The molecule has 208 valence electrons. The van der Waals surface area contributed by atoms with Gasteiger partial charge in [0.05, 0.1) is 25.4 Å². The molecule has 2 atom stereocenters. The molecule has 0 aliphatic heterocycles. The zero-order chi connectivity index (χ0) is 27.8. The highest BCUT2D eigenvalue weighted by Gasteiger charge is 2.22. The highest BCUT2D eigenvalue weighted by Crippen LogP contribution is 2.16. The molecular weight excluding hydrogens is 482 g/mol. The number of rotatable bonds is 16. The molecule has 0 unspecified atom stereocenters. The molecule has 38 heavy (non-hydrogen) atoms. The predicted octanol–water partition coefficient (Wildman–Crippen LogP) is 5.83. The Kier molecular flexibility index (Phi) is 13.6. The van der Waals surface area contributed by atoms with Gasteiger partial charge < -0.3 is 25.0 Å². The summed E-state index contributed by atoms with van der Waals surface area (Å²) in [6, 6.07) is 15.7. The summed E-state index contributed by atoms with van der Waals surface area (Å²) in [6.45, 7) is 5.53. The Hall–Kier alpha value is -3.16. The standard InChI is InChI=1S/C31H43NO6/c1-31(2,3)38-30(36)32-27(23-33)28(34)17-13-8-6-4-5-7-9-14-22-37-26-20-18-25(19-21-26)29(35)24-15-11-10-12-16-24/h10-13,15-21,27-28,33-34H,4-9,14,22-23H2,1-3H3,(H,32,36)/b17-13+/t27-,28+/m0/s1. The third-order valence-corrected chi connectivity index (χ3v) is 5.83. The summed E-state index contributed by atoms with van der Waals surface area (Å²) >= 11 is 0. The van der Waals surface area contributed by atoms with Crippen LogP contribution in [-0.2, 0) is 4.74 Å². The first-order valence-electron chi connectivity index (χ1n) is 13.5. The lowest BCUT2D eigenvalue weighted by Gasteiger charge is -2.24. The largest absolute Gasteiger partial charge is 0.494 e. The first-order chi connectivity index (χ1) is 18.2. The number of ether oxygens (including phenoxy) is 2. The van der Waals surface area contributed by atoms with Gasteiger partial charge in [-0.05, 0) is 64.3 Å². The Morgan fingerprint density at radius 1 is 0.895 bits per heavy atom. The van der Waals surface area contributed by atoms with E-state index in [1.807, 2.05) is 48.5 Å². The number of ketones is 1. The van der Waals surface area contributed by atoms with E-state index in [2.05, 4.69) is 5.32 Å². The van der Waals surface area contributed by atoms with Gasteiger partial charge in [0.25, 0.3) is 0 Å². The van der Waals surface area contributed by atoms with Crippen LogP contribution in [0.15, 0.2) is 66.7 Å². The lowest BCUT2D eigenvalue weighted by atomic mass is 10.0. The Morgan fingerprint density at radius 3 is 2.13 bits per heavy atom. The number of unbranched alkanes of at least 4 members (excludes halogenated alkanes) is 6. The number of aliphatic hydroxyl groups is 2. The van der Waals surface area contributed by atoms with Gasteiger partial charge in [-0.2, -0.15) is 0 Å². The second kappa shape index (κ2) is 16.6. The molecule has 0 saturated carbocycles. The van der Waals surface area contributed by atoms with Gasteiger partial charge in [-0.1, -0.05) is 68.2 Å². The van der Waals surface area contributed by atoms with E-state index in [0.29, 0.717) is 17.7 Å². The number of carbonyl (C=O) groups is 2. The Morgan fingerprint density at radius 2 is 1.50 bits per heavy atom. The fraction of sp³-hybridized carbons (Fsp3) is 0.484. The van der Waals surface area contributed by atoms with Gasteiger partial charge in [-0.3, -0.25) is 4.79 Å². The van der Waals surface area contributed by atoms with Gasteiger partial charge in [0.15, 0.2) is 5.78 Å². The minimum atomic E-state index is -0.979. The molecule has 0 aromatic heterocycles. The van der Waals surface area contributed by atoms with Crippen LogP contribution in [-0.4, -0.2) is 53.1 Å². The zero-order valence-electron chi connectivity index (χ0n) is 22.9. The van der Waals surface area contributed by atoms with Gasteiger partial charge in [0.2, 0.25) is 0 Å². The van der Waals surface area contributed by atoms with Gasteiger partial charge in [-0.25, -0.2) is 4.79 Å². The third-order valence-electron chi connectivity index (χ3n) is 5.83. The first-order valence-corrected chi connectivity index (χ1v) is 13.5. The maximum atomic E-state index is 12.5. The quantitative estimate of drug-likeness (QED) is 0.145. The molecular formula is C31H43NO6. The molecule has 2 rings (SSSR count). The average molecular weight is 526 g/mol. The Labute approximate surface area is 226 Å². The van der Waals surface area contributed by atoms with E-state index in [0.717, 1.165) is 50.7 Å². The second-order valence-corrected chi connectivity index (χ2v) is 10.3. The molecule has 2 aromatic carbocycles. The monoisotopic (exact) mass is 525 g/mol. The minimum Gasteiger partial charge on any atom is -0.494 e. The summed E-state index contributed by atoms with van der Waals surface area (Å²) in [4.78, 5) is 24.3. The Balaban J connectivity index is 1.52. The van der Waals surface area contributed by atoms with E-state index in [9.17, 15) is 19.8 Å². The van der Waals surface area contributed by atoms with Crippen LogP contribution in [0.1, 0.15) is 81.6 Å². The fourth-order valence-electron chi connectivity index (χ4n) is 3.79. The molecule has 7 nitrogen and oxygen atoms in total. The number of alkyl carbamates (subject to hydrolysis) is 1. The molecule has 0 radical (unpaired) electrons. The molecule has 3 N–H and O–H groups in total. The molecule has 2 aromatic rings. The molecule has 0 bridgehead atoms. The number of aliphatic hydroxyl groups excluding tert-OH is 2. The van der Waals surface area contributed by atoms with E-state index in [4.69, 9.17) is 9.47 Å². The number of nitrogens with one attached hydrogen (secondary N) is 1. The second-order valence-electron chi connectivity index (χ2n) is 10.3. The van der Waals surface area contributed by atoms with Crippen molar-refractivity contribution in [2.24, 2.45) is 0 Å². The molecule has 0 saturated heterocycles. The highest BCUT2D eigenvalue weighted by atomic mass is 16.6. The van der Waals surface area contributed by atoms with Crippen molar-refractivity contribution in [3.63, 3.8) is 0 Å². The third kappa shape index (κ3) is 12.4. The van der Waals surface area contributed by atoms with Crippen LogP contribution in [0, 0.1) is 0 Å². The summed E-state index contributed by atoms with van der Waals surface area (Å²) in [7, 11) is 0. The van der Waals surface area contributed by atoms with Crippen molar-refractivity contribution in [1.82, 2.24) is 5.32 Å². The Bertz CT molecular complexity index is 982. The number of benzene rings is 2. The van der Waals surface area contributed by atoms with Crippen molar-refractivity contribution < 1.29 is 29.3 Å². The summed E-state index contributed by atoms with van der Waals surface area (Å²) in [5.41, 5.74) is 0.687. The lowest BCUT2D eigenvalue weighted by molar-refractivity contribution is 0.0405. The summed E-state index contributed by atoms with van der Waals surface area (Å²) in [5.74, 6) is 0.779. The van der Waals surface area contributed by atoms with Crippen molar-refractivity contribution in [2.75, 3.05) is 13.2 Å². The van der Waals surface area contributed by atoms with Crippen molar-refractivity contribution >= 4 is 11.9 Å². The summed E-state index contributed by atoms with van der Waals surface area (Å²) in [5, 5.41) is 22.2. The topological polar surface area (TPSA) is 105 Å². The molecule has 0 spiro atoms. The van der Waals surface area contributed by atoms with E-state index in [-0.39, 0.29) is 12.4 Å². The average Bonchev–Trinajstić information content (AvgIpc) is 2.89. The van der Waals surface area contributed by atoms with Crippen LogP contribution in [0.3, 0.4) is 0 Å². The maximum Gasteiger partial charge on any atom is 0.408 e. The minimum absolute atomic E-state index is 0.00776. The lowest BCUT2D eigenvalue weighted by Crippen LogP contribution is -2.47. The van der Waals surface area contributed by atoms with Gasteiger partial charge >= 0.3 is 6.09 Å². The fourth-order valence-corrected chi connectivity index (χ4v) is 3.79. The van der Waals surface area contributed by atoms with Gasteiger partial charge in [0.1, 0.15) is 11.4 Å². The predicted molar refractivity (Wildman–Crippen MR) is 150 cm³/mol. The number of amides is 1. The molecule has 0 fully saturated rings. The highest BCUT2D eigenvalue weighted by molar-refractivity contribution is 6.08. The SMILES string of the molecule is CC(C)(C)OC(=O)N[C@@H](CO)[C@H](O)/C=C/CCCCCCCCOc1ccc(C(=O)c2ccccc2)cc1. The van der Waals surface area contributed by atoms with Crippen molar-refractivity contribution in [3.05, 3.63) is 77.9 Å². The molecule has 0 aliphatic carbocycles.